The molecule has 136 valence electrons. The molecule has 0 aliphatic rings. The Hall–Kier alpha value is -1.60. The second-order valence-corrected chi connectivity index (χ2v) is 4.78. The van der Waals surface area contributed by atoms with Crippen LogP contribution in [0, 0.1) is 0 Å². The monoisotopic (exact) mass is 374 g/mol. The van der Waals surface area contributed by atoms with Gasteiger partial charge in [-0.3, -0.25) is 0 Å². The van der Waals surface area contributed by atoms with Crippen LogP contribution >= 0.6 is 24.8 Å². The Bertz CT molecular complexity index is 514. The summed E-state index contributed by atoms with van der Waals surface area (Å²) in [5.41, 5.74) is 12.8. The molecular formula is C16H28Cl2N6. The smallest absolute Gasteiger partial charge is 0.0952 e. The molecule has 0 atom stereocenters. The highest BCUT2D eigenvalue weighted by atomic mass is 35.5. The highest BCUT2D eigenvalue weighted by Gasteiger charge is 1.95. The molecular weight excluding hydrogens is 347 g/mol. The van der Waals surface area contributed by atoms with Crippen molar-refractivity contribution >= 4 is 24.8 Å². The molecule has 0 bridgehead atoms. The van der Waals surface area contributed by atoms with Gasteiger partial charge in [0.25, 0.3) is 0 Å². The minimum absolute atomic E-state index is 0. The molecule has 0 saturated carbocycles. The molecule has 0 amide bonds. The fourth-order valence-corrected chi connectivity index (χ4v) is 1.86. The lowest BCUT2D eigenvalue weighted by Gasteiger charge is -1.92. The molecule has 0 unspecified atom stereocenters. The summed E-state index contributed by atoms with van der Waals surface area (Å²) in [4.78, 5) is 8.32. The van der Waals surface area contributed by atoms with E-state index in [1.807, 2.05) is 33.7 Å². The van der Waals surface area contributed by atoms with Gasteiger partial charge >= 0.3 is 0 Å². The Morgan fingerprint density at radius 1 is 0.833 bits per heavy atom. The first kappa shape index (κ1) is 24.6. The van der Waals surface area contributed by atoms with E-state index in [0.29, 0.717) is 13.1 Å². The van der Waals surface area contributed by atoms with Crippen molar-refractivity contribution in [1.29, 1.82) is 0 Å². The van der Waals surface area contributed by atoms with Crippen molar-refractivity contribution in [2.75, 3.05) is 13.1 Å². The Kier molecular flexibility index (Phi) is 15.4. The summed E-state index contributed by atoms with van der Waals surface area (Å²) in [6, 6.07) is 0. The maximum absolute atomic E-state index is 5.37. The SMILES string of the molecule is C=CCn1cnc(CCN)c1.C=CCn1cnc(CCN)c1.Cl.Cl. The average molecular weight is 375 g/mol. The minimum atomic E-state index is 0. The van der Waals surface area contributed by atoms with Crippen LogP contribution in [0.15, 0.2) is 50.4 Å². The summed E-state index contributed by atoms with van der Waals surface area (Å²) in [6.07, 6.45) is 13.0. The summed E-state index contributed by atoms with van der Waals surface area (Å²) >= 11 is 0. The predicted molar refractivity (Wildman–Crippen MR) is 105 cm³/mol. The Morgan fingerprint density at radius 2 is 1.21 bits per heavy atom. The molecule has 4 N–H and O–H groups in total. The Labute approximate surface area is 156 Å². The van der Waals surface area contributed by atoms with Crippen LogP contribution in [0.25, 0.3) is 0 Å². The minimum Gasteiger partial charge on any atom is -0.333 e. The zero-order valence-electron chi connectivity index (χ0n) is 13.9. The van der Waals surface area contributed by atoms with Gasteiger partial charge in [0, 0.05) is 38.3 Å². The molecule has 24 heavy (non-hydrogen) atoms. The Balaban J connectivity index is 0. The molecule has 0 fully saturated rings. The van der Waals surface area contributed by atoms with E-state index >= 15 is 0 Å². The molecule has 6 nitrogen and oxygen atoms in total. The summed E-state index contributed by atoms with van der Waals surface area (Å²) < 4.78 is 3.97. The van der Waals surface area contributed by atoms with Gasteiger partial charge in [-0.05, 0) is 13.1 Å². The number of halogens is 2. The molecule has 2 aromatic heterocycles. The molecule has 2 rings (SSSR count). The number of nitrogens with two attached hydrogens (primary N) is 2. The highest BCUT2D eigenvalue weighted by Crippen LogP contribution is 1.96. The van der Waals surface area contributed by atoms with Gasteiger partial charge in [-0.2, -0.15) is 0 Å². The summed E-state index contributed by atoms with van der Waals surface area (Å²) in [7, 11) is 0. The van der Waals surface area contributed by atoms with Gasteiger partial charge in [0.2, 0.25) is 0 Å². The van der Waals surface area contributed by atoms with E-state index in [0.717, 1.165) is 37.3 Å². The van der Waals surface area contributed by atoms with Gasteiger partial charge in [0.15, 0.2) is 0 Å². The van der Waals surface area contributed by atoms with Gasteiger partial charge in [0.05, 0.1) is 24.0 Å². The quantitative estimate of drug-likeness (QED) is 0.691. The largest absolute Gasteiger partial charge is 0.333 e. The van der Waals surface area contributed by atoms with Crippen molar-refractivity contribution in [3.05, 3.63) is 61.7 Å². The second kappa shape index (κ2) is 15.0. The van der Waals surface area contributed by atoms with Crippen molar-refractivity contribution < 1.29 is 0 Å². The number of hydrogen-bond donors (Lipinski definition) is 2. The third-order valence-electron chi connectivity index (χ3n) is 2.85. The number of aromatic nitrogens is 4. The third kappa shape index (κ3) is 9.52. The van der Waals surface area contributed by atoms with E-state index in [4.69, 9.17) is 11.5 Å². The molecule has 0 spiro atoms. The normalized spacial score (nSPS) is 9.08. The fourth-order valence-electron chi connectivity index (χ4n) is 1.86. The number of nitrogens with zero attached hydrogens (tertiary/aromatic N) is 4. The molecule has 0 aliphatic heterocycles. The molecule has 8 heteroatoms. The molecule has 2 aromatic rings. The van der Waals surface area contributed by atoms with E-state index in [2.05, 4.69) is 23.1 Å². The maximum atomic E-state index is 5.37. The van der Waals surface area contributed by atoms with Crippen LogP contribution in [-0.2, 0) is 25.9 Å². The van der Waals surface area contributed by atoms with Crippen LogP contribution in [0.5, 0.6) is 0 Å². The van der Waals surface area contributed by atoms with Crippen LogP contribution in [0.1, 0.15) is 11.4 Å². The molecule has 0 saturated heterocycles. The van der Waals surface area contributed by atoms with Crippen molar-refractivity contribution in [3.63, 3.8) is 0 Å². The number of allylic oxidation sites excluding steroid dienone is 2. The molecule has 0 radical (unpaired) electrons. The van der Waals surface area contributed by atoms with Crippen LogP contribution < -0.4 is 11.5 Å². The van der Waals surface area contributed by atoms with E-state index in [1.54, 1.807) is 12.7 Å². The van der Waals surface area contributed by atoms with Crippen LogP contribution in [0.3, 0.4) is 0 Å². The van der Waals surface area contributed by atoms with Crippen LogP contribution in [-0.4, -0.2) is 32.2 Å². The van der Waals surface area contributed by atoms with Crippen molar-refractivity contribution in [2.45, 2.75) is 25.9 Å². The highest BCUT2D eigenvalue weighted by molar-refractivity contribution is 5.85. The number of hydrogen-bond acceptors (Lipinski definition) is 4. The van der Waals surface area contributed by atoms with Gasteiger partial charge in [-0.1, -0.05) is 12.2 Å². The van der Waals surface area contributed by atoms with Crippen LogP contribution in [0.2, 0.25) is 0 Å². The zero-order valence-corrected chi connectivity index (χ0v) is 15.5. The first-order valence-corrected chi connectivity index (χ1v) is 7.36. The lowest BCUT2D eigenvalue weighted by Crippen LogP contribution is -2.02. The van der Waals surface area contributed by atoms with Gasteiger partial charge in [-0.15, -0.1) is 38.0 Å². The number of rotatable bonds is 8. The maximum Gasteiger partial charge on any atom is 0.0952 e. The van der Waals surface area contributed by atoms with E-state index < -0.39 is 0 Å². The predicted octanol–water partition coefficient (Wildman–Crippen LogP) is 1.98. The fraction of sp³-hybridized carbons (Fsp3) is 0.375. The van der Waals surface area contributed by atoms with Crippen molar-refractivity contribution in [1.82, 2.24) is 19.1 Å². The molecule has 0 aliphatic carbocycles. The number of imidazole rings is 2. The van der Waals surface area contributed by atoms with Gasteiger partial charge in [-0.25, -0.2) is 9.97 Å². The second-order valence-electron chi connectivity index (χ2n) is 4.78. The average Bonchev–Trinajstić information content (AvgIpc) is 3.12. The van der Waals surface area contributed by atoms with E-state index in [1.165, 1.54) is 0 Å². The van der Waals surface area contributed by atoms with Crippen molar-refractivity contribution in [3.8, 4) is 0 Å². The van der Waals surface area contributed by atoms with Crippen molar-refractivity contribution in [2.24, 2.45) is 11.5 Å². The Morgan fingerprint density at radius 3 is 1.50 bits per heavy atom. The third-order valence-corrected chi connectivity index (χ3v) is 2.85. The topological polar surface area (TPSA) is 87.7 Å². The zero-order chi connectivity index (χ0) is 16.2. The standard InChI is InChI=1S/2C8H13N3.2ClH/c2*1-2-5-11-6-8(3-4-9)10-7-11;;/h2*2,6-7H,1,3-5,9H2;2*1H. The lowest BCUT2D eigenvalue weighted by molar-refractivity contribution is 0.820. The van der Waals surface area contributed by atoms with E-state index in [9.17, 15) is 0 Å². The lowest BCUT2D eigenvalue weighted by atomic mass is 10.3. The van der Waals surface area contributed by atoms with Gasteiger partial charge in [0.1, 0.15) is 0 Å². The molecule has 2 heterocycles. The summed E-state index contributed by atoms with van der Waals surface area (Å²) in [5.74, 6) is 0. The summed E-state index contributed by atoms with van der Waals surface area (Å²) in [5, 5.41) is 0. The first-order valence-electron chi connectivity index (χ1n) is 7.36. The molecule has 0 aromatic carbocycles. The summed E-state index contributed by atoms with van der Waals surface area (Å²) in [6.45, 7) is 10.2. The van der Waals surface area contributed by atoms with Gasteiger partial charge < -0.3 is 20.6 Å². The first-order chi connectivity index (χ1) is 10.7. The van der Waals surface area contributed by atoms with E-state index in [-0.39, 0.29) is 24.8 Å². The van der Waals surface area contributed by atoms with Crippen LogP contribution in [0.4, 0.5) is 0 Å².